The summed E-state index contributed by atoms with van der Waals surface area (Å²) in [6.07, 6.45) is 11.1. The number of hydrogen-bond donors (Lipinski definition) is 0. The van der Waals surface area contributed by atoms with Crippen LogP contribution >= 0.6 is 22.6 Å². The van der Waals surface area contributed by atoms with Crippen LogP contribution in [0.1, 0.15) is 28.0 Å². The molecule has 2 rings (SSSR count). The standard InChI is InChI=1S/C16H21IN2/c1-14-5-10-18(11-6-14)9-3-4-16(17)19-12-7-15(2)8-13-19/h5-8,10-13,16H,3-4,9H2,1-2H3/q+2. The SMILES string of the molecule is Cc1cc[n+](CCCC(I)[n+]2ccc(C)cc2)cc1. The predicted octanol–water partition coefficient (Wildman–Crippen LogP) is 3.29. The third kappa shape index (κ3) is 4.56. The maximum absolute atomic E-state index is 2.52. The second-order valence-electron chi connectivity index (χ2n) is 5.01. The zero-order valence-corrected chi connectivity index (χ0v) is 13.7. The first-order chi connectivity index (χ1) is 9.15. The summed E-state index contributed by atoms with van der Waals surface area (Å²) in [5.74, 6) is 0. The van der Waals surface area contributed by atoms with Gasteiger partial charge < -0.3 is 0 Å². The molecule has 0 aliphatic carbocycles. The number of aromatic nitrogens is 2. The fourth-order valence-corrected chi connectivity index (χ4v) is 2.78. The Morgan fingerprint density at radius 3 is 2.05 bits per heavy atom. The lowest BCUT2D eigenvalue weighted by Crippen LogP contribution is -2.37. The van der Waals surface area contributed by atoms with Crippen molar-refractivity contribution < 1.29 is 9.13 Å². The Kier molecular flexibility index (Phi) is 5.31. The lowest BCUT2D eigenvalue weighted by atomic mass is 10.2. The highest BCUT2D eigenvalue weighted by Gasteiger charge is 2.14. The molecule has 0 fully saturated rings. The van der Waals surface area contributed by atoms with Gasteiger partial charge in [0.05, 0.1) is 0 Å². The van der Waals surface area contributed by atoms with E-state index in [1.807, 2.05) is 0 Å². The van der Waals surface area contributed by atoms with Gasteiger partial charge in [-0.05, 0) is 47.6 Å². The minimum absolute atomic E-state index is 0.532. The van der Waals surface area contributed by atoms with E-state index in [0.717, 1.165) is 6.54 Å². The largest absolute Gasteiger partial charge is 0.207 e. The third-order valence-electron chi connectivity index (χ3n) is 3.26. The van der Waals surface area contributed by atoms with E-state index in [4.69, 9.17) is 0 Å². The van der Waals surface area contributed by atoms with E-state index < -0.39 is 0 Å². The molecule has 100 valence electrons. The monoisotopic (exact) mass is 368 g/mol. The Labute approximate surface area is 129 Å². The van der Waals surface area contributed by atoms with Gasteiger partial charge >= 0.3 is 0 Å². The van der Waals surface area contributed by atoms with Crippen LogP contribution in [0, 0.1) is 13.8 Å². The van der Waals surface area contributed by atoms with Crippen LogP contribution in [0.3, 0.4) is 0 Å². The van der Waals surface area contributed by atoms with Gasteiger partial charge in [0.2, 0.25) is 4.05 Å². The van der Waals surface area contributed by atoms with E-state index in [2.05, 4.69) is 94.6 Å². The summed E-state index contributed by atoms with van der Waals surface area (Å²) in [5, 5.41) is 0. The molecule has 0 bridgehead atoms. The van der Waals surface area contributed by atoms with Gasteiger partial charge in [-0.2, -0.15) is 4.57 Å². The first-order valence-electron chi connectivity index (χ1n) is 6.72. The molecule has 0 N–H and O–H groups in total. The Morgan fingerprint density at radius 1 is 0.947 bits per heavy atom. The highest BCUT2D eigenvalue weighted by atomic mass is 127. The van der Waals surface area contributed by atoms with E-state index >= 15 is 0 Å². The zero-order chi connectivity index (χ0) is 13.7. The van der Waals surface area contributed by atoms with Gasteiger partial charge in [0, 0.05) is 37.1 Å². The average Bonchev–Trinajstić information content (AvgIpc) is 2.41. The second kappa shape index (κ2) is 6.98. The van der Waals surface area contributed by atoms with Crippen LogP contribution in [0.5, 0.6) is 0 Å². The van der Waals surface area contributed by atoms with Crippen molar-refractivity contribution in [3.05, 3.63) is 60.2 Å². The molecule has 2 aromatic heterocycles. The van der Waals surface area contributed by atoms with Crippen LogP contribution in [0.15, 0.2) is 49.1 Å². The normalized spacial score (nSPS) is 12.4. The Bertz CT molecular complexity index is 505. The van der Waals surface area contributed by atoms with Gasteiger partial charge in [-0.15, -0.1) is 0 Å². The van der Waals surface area contributed by atoms with Crippen molar-refractivity contribution in [2.45, 2.75) is 37.3 Å². The fourth-order valence-electron chi connectivity index (χ4n) is 1.97. The van der Waals surface area contributed by atoms with Crippen LogP contribution < -0.4 is 9.13 Å². The van der Waals surface area contributed by atoms with Gasteiger partial charge in [-0.1, -0.05) is 0 Å². The molecule has 2 heterocycles. The lowest BCUT2D eigenvalue weighted by molar-refractivity contribution is -0.706. The van der Waals surface area contributed by atoms with Gasteiger partial charge in [-0.25, -0.2) is 4.57 Å². The maximum Gasteiger partial charge on any atom is 0.207 e. The summed E-state index contributed by atoms with van der Waals surface area (Å²) < 4.78 is 5.08. The Balaban J connectivity index is 1.82. The summed E-state index contributed by atoms with van der Waals surface area (Å²) in [5.41, 5.74) is 2.63. The molecule has 0 amide bonds. The number of pyridine rings is 2. The van der Waals surface area contributed by atoms with E-state index in [1.165, 1.54) is 24.0 Å². The number of hydrogen-bond acceptors (Lipinski definition) is 0. The summed E-state index contributed by atoms with van der Waals surface area (Å²) in [4.78, 5) is 0. The Morgan fingerprint density at radius 2 is 1.47 bits per heavy atom. The van der Waals surface area contributed by atoms with Crippen molar-refractivity contribution in [3.8, 4) is 0 Å². The highest BCUT2D eigenvalue weighted by Crippen LogP contribution is 2.14. The maximum atomic E-state index is 2.52. The molecule has 0 radical (unpaired) electrons. The first kappa shape index (κ1) is 14.4. The molecule has 3 heteroatoms. The van der Waals surface area contributed by atoms with Crippen LogP contribution in [-0.2, 0) is 6.54 Å². The smallest absolute Gasteiger partial charge is 0.205 e. The van der Waals surface area contributed by atoms with E-state index in [1.54, 1.807) is 0 Å². The van der Waals surface area contributed by atoms with Crippen LogP contribution in [-0.4, -0.2) is 0 Å². The predicted molar refractivity (Wildman–Crippen MR) is 85.0 cm³/mol. The number of halogens is 1. The van der Waals surface area contributed by atoms with Gasteiger partial charge in [0.1, 0.15) is 6.54 Å². The fraction of sp³-hybridized carbons (Fsp3) is 0.375. The van der Waals surface area contributed by atoms with Gasteiger partial charge in [0.15, 0.2) is 24.8 Å². The lowest BCUT2D eigenvalue weighted by Gasteiger charge is -2.04. The number of alkyl halides is 1. The zero-order valence-electron chi connectivity index (χ0n) is 11.6. The average molecular weight is 368 g/mol. The van der Waals surface area contributed by atoms with E-state index in [-0.39, 0.29) is 0 Å². The molecule has 0 saturated carbocycles. The van der Waals surface area contributed by atoms with Crippen LogP contribution in [0.4, 0.5) is 0 Å². The van der Waals surface area contributed by atoms with Gasteiger partial charge in [0.25, 0.3) is 0 Å². The molecule has 1 atom stereocenters. The minimum atomic E-state index is 0.532. The molecular formula is C16H21IN2+2. The molecule has 0 aliphatic rings. The van der Waals surface area contributed by atoms with Crippen molar-refractivity contribution in [2.24, 2.45) is 0 Å². The molecule has 0 aromatic carbocycles. The van der Waals surface area contributed by atoms with Crippen molar-refractivity contribution >= 4 is 22.6 Å². The van der Waals surface area contributed by atoms with Crippen molar-refractivity contribution in [2.75, 3.05) is 0 Å². The van der Waals surface area contributed by atoms with Crippen molar-refractivity contribution in [1.29, 1.82) is 0 Å². The summed E-state index contributed by atoms with van der Waals surface area (Å²) >= 11 is 2.52. The molecule has 0 aliphatic heterocycles. The number of rotatable bonds is 5. The van der Waals surface area contributed by atoms with Crippen LogP contribution in [0.25, 0.3) is 0 Å². The summed E-state index contributed by atoms with van der Waals surface area (Å²) in [6.45, 7) is 5.34. The number of nitrogens with zero attached hydrogens (tertiary/aromatic N) is 2. The van der Waals surface area contributed by atoms with E-state index in [9.17, 15) is 0 Å². The van der Waals surface area contributed by atoms with E-state index in [0.29, 0.717) is 4.05 Å². The second-order valence-corrected chi connectivity index (χ2v) is 6.45. The Hall–Kier alpha value is -0.970. The minimum Gasteiger partial charge on any atom is -0.205 e. The molecular weight excluding hydrogens is 347 g/mol. The summed E-state index contributed by atoms with van der Waals surface area (Å²) in [6, 6.07) is 8.66. The molecule has 0 spiro atoms. The quantitative estimate of drug-likeness (QED) is 0.435. The molecule has 0 saturated heterocycles. The molecule has 19 heavy (non-hydrogen) atoms. The topological polar surface area (TPSA) is 7.76 Å². The van der Waals surface area contributed by atoms with Crippen molar-refractivity contribution in [1.82, 2.24) is 0 Å². The van der Waals surface area contributed by atoms with Gasteiger partial charge in [-0.3, -0.25) is 0 Å². The molecule has 2 nitrogen and oxygen atoms in total. The summed E-state index contributed by atoms with van der Waals surface area (Å²) in [7, 11) is 0. The molecule has 2 aromatic rings. The van der Waals surface area contributed by atoms with Crippen LogP contribution in [0.2, 0.25) is 0 Å². The first-order valence-corrected chi connectivity index (χ1v) is 7.97. The molecule has 1 unspecified atom stereocenters. The third-order valence-corrected chi connectivity index (χ3v) is 4.53. The van der Waals surface area contributed by atoms with Crippen molar-refractivity contribution in [3.63, 3.8) is 0 Å². The number of aryl methyl sites for hydroxylation is 3. The highest BCUT2D eigenvalue weighted by molar-refractivity contribution is 14.1.